The van der Waals surface area contributed by atoms with Crippen molar-refractivity contribution in [1.82, 2.24) is 4.98 Å². The predicted octanol–water partition coefficient (Wildman–Crippen LogP) is 5.28. The van der Waals surface area contributed by atoms with Gasteiger partial charge in [-0.05, 0) is 42.3 Å². The van der Waals surface area contributed by atoms with Gasteiger partial charge in [-0.25, -0.2) is 9.78 Å². The first kappa shape index (κ1) is 21.4. The number of nitrogens with one attached hydrogen (secondary N) is 2. The van der Waals surface area contributed by atoms with Crippen LogP contribution in [0, 0.1) is 5.92 Å². The van der Waals surface area contributed by atoms with Gasteiger partial charge in [-0.15, -0.1) is 0 Å². The number of anilines is 3. The lowest BCUT2D eigenvalue weighted by atomic mass is 10.1. The van der Waals surface area contributed by atoms with Crippen molar-refractivity contribution >= 4 is 45.0 Å². The number of aromatic nitrogens is 1. The number of rotatable bonds is 6. The molecule has 4 rings (SSSR count). The van der Waals surface area contributed by atoms with Crippen LogP contribution in [0.4, 0.5) is 21.9 Å². The summed E-state index contributed by atoms with van der Waals surface area (Å²) >= 11 is 0. The zero-order chi connectivity index (χ0) is 22.7. The molecule has 5 N–H and O–H groups in total. The molecule has 7 nitrogen and oxygen atoms in total. The molecule has 32 heavy (non-hydrogen) atoms. The van der Waals surface area contributed by atoms with E-state index in [1.807, 2.05) is 56.3 Å². The van der Waals surface area contributed by atoms with Crippen LogP contribution in [0.1, 0.15) is 25.6 Å². The van der Waals surface area contributed by atoms with Gasteiger partial charge in [-0.3, -0.25) is 5.32 Å². The molecule has 3 aromatic carbocycles. The Morgan fingerprint density at radius 1 is 1.03 bits per heavy atom. The minimum atomic E-state index is -1.02. The van der Waals surface area contributed by atoms with Crippen molar-refractivity contribution in [2.75, 3.05) is 23.0 Å². The van der Waals surface area contributed by atoms with E-state index in [1.54, 1.807) is 24.3 Å². The molecule has 1 heterocycles. The van der Waals surface area contributed by atoms with Crippen molar-refractivity contribution in [1.29, 1.82) is 0 Å². The normalized spacial score (nSPS) is 12.1. The van der Waals surface area contributed by atoms with E-state index >= 15 is 0 Å². The van der Waals surface area contributed by atoms with Gasteiger partial charge in [0.25, 0.3) is 0 Å². The van der Waals surface area contributed by atoms with Crippen molar-refractivity contribution < 1.29 is 14.6 Å². The number of amides is 1. The van der Waals surface area contributed by atoms with Crippen molar-refractivity contribution in [2.45, 2.75) is 20.1 Å². The van der Waals surface area contributed by atoms with Gasteiger partial charge in [0.2, 0.25) is 0 Å². The number of pyridine rings is 1. The van der Waals surface area contributed by atoms with Crippen LogP contribution in [0.15, 0.2) is 66.7 Å². The van der Waals surface area contributed by atoms with Gasteiger partial charge in [0.15, 0.2) is 6.23 Å². The summed E-state index contributed by atoms with van der Waals surface area (Å²) in [5, 5.41) is 18.6. The Morgan fingerprint density at radius 2 is 1.81 bits per heavy atom. The van der Waals surface area contributed by atoms with Gasteiger partial charge in [0.05, 0.1) is 23.3 Å². The van der Waals surface area contributed by atoms with E-state index in [-0.39, 0.29) is 5.92 Å². The molecule has 0 bridgehead atoms. The van der Waals surface area contributed by atoms with Crippen molar-refractivity contribution in [3.63, 3.8) is 0 Å². The van der Waals surface area contributed by atoms with Crippen LogP contribution >= 0.6 is 0 Å². The van der Waals surface area contributed by atoms with Crippen LogP contribution < -0.4 is 16.4 Å². The zero-order valence-electron chi connectivity index (χ0n) is 18.0. The number of aliphatic hydroxyl groups is 1. The Hall–Kier alpha value is -3.84. The molecule has 0 aliphatic rings. The minimum Gasteiger partial charge on any atom is -0.449 e. The summed E-state index contributed by atoms with van der Waals surface area (Å²) in [5.74, 6) is 0.249. The highest BCUT2D eigenvalue weighted by molar-refractivity contribution is 6.08. The van der Waals surface area contributed by atoms with Gasteiger partial charge in [-0.1, -0.05) is 44.2 Å². The Balaban J connectivity index is 1.63. The summed E-state index contributed by atoms with van der Waals surface area (Å²) in [6.45, 7) is 4.27. The van der Waals surface area contributed by atoms with Crippen LogP contribution in [0.2, 0.25) is 0 Å². The number of ether oxygens (including phenoxy) is 1. The van der Waals surface area contributed by atoms with Crippen LogP contribution in [0.3, 0.4) is 0 Å². The van der Waals surface area contributed by atoms with Crippen LogP contribution in [0.5, 0.6) is 0 Å². The maximum Gasteiger partial charge on any atom is 0.411 e. The highest BCUT2D eigenvalue weighted by Gasteiger charge is 2.15. The molecule has 0 aliphatic carbocycles. The quantitative estimate of drug-likeness (QED) is 0.188. The Labute approximate surface area is 186 Å². The molecule has 1 atom stereocenters. The number of carbonyl (C=O) groups is 1. The van der Waals surface area contributed by atoms with Gasteiger partial charge >= 0.3 is 6.09 Å². The summed E-state index contributed by atoms with van der Waals surface area (Å²) in [5.41, 5.74) is 9.99. The first-order valence-corrected chi connectivity index (χ1v) is 10.5. The molecule has 0 aliphatic heterocycles. The highest BCUT2D eigenvalue weighted by Crippen LogP contribution is 2.34. The van der Waals surface area contributed by atoms with Crippen LogP contribution in [-0.4, -0.2) is 22.8 Å². The van der Waals surface area contributed by atoms with Crippen LogP contribution in [0.25, 0.3) is 21.8 Å². The van der Waals surface area contributed by atoms with E-state index in [1.165, 1.54) is 0 Å². The molecule has 0 spiro atoms. The fraction of sp³-hybridized carbons (Fsp3) is 0.200. The molecule has 1 unspecified atom stereocenters. The second-order valence-electron chi connectivity index (χ2n) is 8.07. The summed E-state index contributed by atoms with van der Waals surface area (Å²) in [6, 6.07) is 20.2. The predicted molar refractivity (Wildman–Crippen MR) is 128 cm³/mol. The fourth-order valence-corrected chi connectivity index (χ4v) is 3.47. The van der Waals surface area contributed by atoms with E-state index in [0.717, 1.165) is 27.5 Å². The monoisotopic (exact) mass is 430 g/mol. The Bertz CT molecular complexity index is 1270. The van der Waals surface area contributed by atoms with E-state index in [0.29, 0.717) is 23.5 Å². The summed E-state index contributed by atoms with van der Waals surface area (Å²) < 4.78 is 5.16. The number of nitrogens with zero attached hydrogens (tertiary/aromatic N) is 1. The third-order valence-electron chi connectivity index (χ3n) is 4.98. The molecule has 1 aromatic heterocycles. The molecular formula is C25H26N4O3. The van der Waals surface area contributed by atoms with E-state index < -0.39 is 12.3 Å². The van der Waals surface area contributed by atoms with Crippen molar-refractivity contribution in [3.8, 4) is 0 Å². The maximum atomic E-state index is 12.0. The van der Waals surface area contributed by atoms with Crippen LogP contribution in [-0.2, 0) is 4.74 Å². The molecule has 0 radical (unpaired) electrons. The standard InChI is InChI=1S/C25H26N4O3/c1-15(2)14-32-25(31)27-18-7-5-6-16(12-18)24(30)29-23-19-8-3-4-9-21(19)28-22-13-17(26)10-11-20(22)23/h3-13,15,24,30H,14,26H2,1-2H3,(H,27,31)(H,28,29). The number of nitrogen functional groups attached to an aromatic ring is 1. The maximum absolute atomic E-state index is 12.0. The first-order valence-electron chi connectivity index (χ1n) is 10.5. The van der Waals surface area contributed by atoms with E-state index in [4.69, 9.17) is 15.5 Å². The number of fused-ring (bicyclic) bond motifs is 2. The number of hydrogen-bond donors (Lipinski definition) is 4. The second kappa shape index (κ2) is 9.11. The molecule has 0 fully saturated rings. The van der Waals surface area contributed by atoms with Gasteiger partial charge in [0, 0.05) is 27.7 Å². The second-order valence-corrected chi connectivity index (χ2v) is 8.07. The van der Waals surface area contributed by atoms with E-state index in [2.05, 4.69) is 10.6 Å². The molecule has 0 saturated heterocycles. The third-order valence-corrected chi connectivity index (χ3v) is 4.98. The molecule has 7 heteroatoms. The molecule has 164 valence electrons. The lowest BCUT2D eigenvalue weighted by Crippen LogP contribution is -2.17. The number of nitrogens with two attached hydrogens (primary N) is 1. The van der Waals surface area contributed by atoms with Crippen molar-refractivity contribution in [2.24, 2.45) is 5.92 Å². The zero-order valence-corrected chi connectivity index (χ0v) is 18.0. The largest absolute Gasteiger partial charge is 0.449 e. The summed E-state index contributed by atoms with van der Waals surface area (Å²) in [6.07, 6.45) is -1.54. The fourth-order valence-electron chi connectivity index (χ4n) is 3.47. The number of hydrogen-bond acceptors (Lipinski definition) is 6. The first-order chi connectivity index (χ1) is 15.4. The Morgan fingerprint density at radius 3 is 2.62 bits per heavy atom. The lowest BCUT2D eigenvalue weighted by molar-refractivity contribution is 0.147. The average Bonchev–Trinajstić information content (AvgIpc) is 2.77. The summed E-state index contributed by atoms with van der Waals surface area (Å²) in [7, 11) is 0. The molecular weight excluding hydrogens is 404 g/mol. The minimum absolute atomic E-state index is 0.249. The number of benzene rings is 3. The molecule has 4 aromatic rings. The molecule has 0 saturated carbocycles. The highest BCUT2D eigenvalue weighted by atomic mass is 16.5. The van der Waals surface area contributed by atoms with E-state index in [9.17, 15) is 9.90 Å². The topological polar surface area (TPSA) is 110 Å². The SMILES string of the molecule is CC(C)COC(=O)Nc1cccc(C(O)Nc2c3ccccc3nc3cc(N)ccc23)c1. The van der Waals surface area contributed by atoms with Gasteiger partial charge in [-0.2, -0.15) is 0 Å². The number of carbonyl (C=O) groups excluding carboxylic acids is 1. The van der Waals surface area contributed by atoms with Crippen molar-refractivity contribution in [3.05, 3.63) is 72.3 Å². The average molecular weight is 431 g/mol. The lowest BCUT2D eigenvalue weighted by Gasteiger charge is -2.19. The smallest absolute Gasteiger partial charge is 0.411 e. The molecule has 1 amide bonds. The number of para-hydroxylation sites is 1. The third kappa shape index (κ3) is 4.73. The Kier molecular flexibility index (Phi) is 6.09. The summed E-state index contributed by atoms with van der Waals surface area (Å²) in [4.78, 5) is 16.7. The van der Waals surface area contributed by atoms with Gasteiger partial charge < -0.3 is 20.9 Å². The number of aliphatic hydroxyl groups excluding tert-OH is 1. The van der Waals surface area contributed by atoms with Gasteiger partial charge in [0.1, 0.15) is 0 Å².